The molecule has 1 fully saturated rings. The normalized spacial score (nSPS) is 14.4. The molecular formula is C15H20N4O. The lowest BCUT2D eigenvalue weighted by molar-refractivity contribution is 0.414. The van der Waals surface area contributed by atoms with Crippen molar-refractivity contribution in [2.75, 3.05) is 7.11 Å². The Morgan fingerprint density at radius 1 is 1.30 bits per heavy atom. The lowest BCUT2D eigenvalue weighted by Crippen LogP contribution is -2.19. The minimum absolute atomic E-state index is 0.696. The van der Waals surface area contributed by atoms with E-state index in [2.05, 4.69) is 27.5 Å². The molecular weight excluding hydrogens is 252 g/mol. The lowest BCUT2D eigenvalue weighted by atomic mass is 10.1. The van der Waals surface area contributed by atoms with Gasteiger partial charge in [-0.25, -0.2) is 9.67 Å². The molecule has 2 aromatic rings. The summed E-state index contributed by atoms with van der Waals surface area (Å²) >= 11 is 0. The van der Waals surface area contributed by atoms with E-state index in [-0.39, 0.29) is 0 Å². The SMILES string of the molecule is COc1ccc(CCn2ncnc2CNC2CC2)cc1. The van der Waals surface area contributed by atoms with Crippen LogP contribution in [-0.4, -0.2) is 27.9 Å². The standard InChI is InChI=1S/C15H20N4O/c1-20-14-6-2-12(3-7-14)8-9-19-15(17-11-18-19)10-16-13-4-5-13/h2-3,6-7,11,13,16H,4-5,8-10H2,1H3. The molecule has 0 spiro atoms. The van der Waals surface area contributed by atoms with Crippen molar-refractivity contribution in [3.63, 3.8) is 0 Å². The molecule has 0 radical (unpaired) electrons. The monoisotopic (exact) mass is 272 g/mol. The minimum atomic E-state index is 0.696. The van der Waals surface area contributed by atoms with Gasteiger partial charge in [0.05, 0.1) is 13.7 Å². The molecule has 0 bridgehead atoms. The summed E-state index contributed by atoms with van der Waals surface area (Å²) in [7, 11) is 1.68. The number of hydrogen-bond donors (Lipinski definition) is 1. The third kappa shape index (κ3) is 3.36. The number of nitrogens with zero attached hydrogens (tertiary/aromatic N) is 3. The van der Waals surface area contributed by atoms with Gasteiger partial charge >= 0.3 is 0 Å². The van der Waals surface area contributed by atoms with Crippen molar-refractivity contribution < 1.29 is 4.74 Å². The van der Waals surface area contributed by atoms with Gasteiger partial charge in [0.1, 0.15) is 17.9 Å². The highest BCUT2D eigenvalue weighted by Gasteiger charge is 2.20. The Morgan fingerprint density at radius 2 is 2.10 bits per heavy atom. The maximum Gasteiger partial charge on any atom is 0.140 e. The topological polar surface area (TPSA) is 52.0 Å². The molecule has 1 aromatic carbocycles. The van der Waals surface area contributed by atoms with E-state index in [0.717, 1.165) is 31.1 Å². The van der Waals surface area contributed by atoms with Crippen LogP contribution in [0.1, 0.15) is 24.2 Å². The van der Waals surface area contributed by atoms with Crippen molar-refractivity contribution in [1.29, 1.82) is 0 Å². The predicted molar refractivity (Wildman–Crippen MR) is 76.6 cm³/mol. The summed E-state index contributed by atoms with van der Waals surface area (Å²) in [6.07, 6.45) is 5.17. The number of rotatable bonds is 7. The third-order valence-corrected chi connectivity index (χ3v) is 3.59. The van der Waals surface area contributed by atoms with Gasteiger partial charge in [-0.1, -0.05) is 12.1 Å². The van der Waals surface area contributed by atoms with Crippen molar-refractivity contribution in [3.8, 4) is 5.75 Å². The fourth-order valence-corrected chi connectivity index (χ4v) is 2.16. The number of nitrogens with one attached hydrogen (secondary N) is 1. The van der Waals surface area contributed by atoms with Crippen molar-refractivity contribution in [2.24, 2.45) is 0 Å². The van der Waals surface area contributed by atoms with Gasteiger partial charge < -0.3 is 10.1 Å². The molecule has 5 nitrogen and oxygen atoms in total. The van der Waals surface area contributed by atoms with E-state index < -0.39 is 0 Å². The number of aromatic nitrogens is 3. The van der Waals surface area contributed by atoms with Gasteiger partial charge in [-0.2, -0.15) is 5.10 Å². The molecule has 5 heteroatoms. The van der Waals surface area contributed by atoms with Gasteiger partial charge in [0, 0.05) is 12.6 Å². The van der Waals surface area contributed by atoms with Crippen LogP contribution in [0, 0.1) is 0 Å². The first-order chi connectivity index (χ1) is 9.85. The Balaban J connectivity index is 1.55. The second-order valence-electron chi connectivity index (χ2n) is 5.15. The van der Waals surface area contributed by atoms with Gasteiger partial charge in [0.2, 0.25) is 0 Å². The molecule has 1 aliphatic rings. The molecule has 20 heavy (non-hydrogen) atoms. The quantitative estimate of drug-likeness (QED) is 0.835. The first kappa shape index (κ1) is 13.1. The average Bonchev–Trinajstić information content (AvgIpc) is 3.22. The number of methoxy groups -OCH3 is 1. The molecule has 106 valence electrons. The van der Waals surface area contributed by atoms with E-state index in [4.69, 9.17) is 4.74 Å². The van der Waals surface area contributed by atoms with Crippen LogP contribution >= 0.6 is 0 Å². The zero-order valence-electron chi connectivity index (χ0n) is 11.7. The summed E-state index contributed by atoms with van der Waals surface area (Å²) in [5.41, 5.74) is 1.28. The molecule has 0 saturated heterocycles. The van der Waals surface area contributed by atoms with Crippen molar-refractivity contribution in [2.45, 2.75) is 38.4 Å². The summed E-state index contributed by atoms with van der Waals surface area (Å²) in [5.74, 6) is 1.91. The highest BCUT2D eigenvalue weighted by molar-refractivity contribution is 5.27. The van der Waals surface area contributed by atoms with Crippen LogP contribution in [0.4, 0.5) is 0 Å². The fraction of sp³-hybridized carbons (Fsp3) is 0.467. The molecule has 3 rings (SSSR count). The van der Waals surface area contributed by atoms with Gasteiger partial charge in [0.25, 0.3) is 0 Å². The molecule has 0 unspecified atom stereocenters. The Labute approximate surface area is 119 Å². The molecule has 0 atom stereocenters. The maximum atomic E-state index is 5.16. The van der Waals surface area contributed by atoms with Crippen LogP contribution < -0.4 is 10.1 Å². The van der Waals surface area contributed by atoms with Gasteiger partial charge in [-0.3, -0.25) is 0 Å². The maximum absolute atomic E-state index is 5.16. The summed E-state index contributed by atoms with van der Waals surface area (Å²) in [6.45, 7) is 1.67. The van der Waals surface area contributed by atoms with Gasteiger partial charge in [-0.05, 0) is 37.0 Å². The average molecular weight is 272 g/mol. The first-order valence-corrected chi connectivity index (χ1v) is 7.08. The minimum Gasteiger partial charge on any atom is -0.497 e. The van der Waals surface area contributed by atoms with Crippen LogP contribution in [-0.2, 0) is 19.5 Å². The second-order valence-corrected chi connectivity index (χ2v) is 5.15. The van der Waals surface area contributed by atoms with E-state index in [1.165, 1.54) is 18.4 Å². The van der Waals surface area contributed by atoms with E-state index >= 15 is 0 Å². The highest BCUT2D eigenvalue weighted by Crippen LogP contribution is 2.19. The molecule has 0 amide bonds. The van der Waals surface area contributed by atoms with Gasteiger partial charge in [-0.15, -0.1) is 0 Å². The van der Waals surface area contributed by atoms with Crippen LogP contribution in [0.3, 0.4) is 0 Å². The second kappa shape index (κ2) is 6.05. The lowest BCUT2D eigenvalue weighted by Gasteiger charge is -2.07. The molecule has 1 aliphatic carbocycles. The van der Waals surface area contributed by atoms with Crippen LogP contribution in [0.2, 0.25) is 0 Å². The molecule has 0 aliphatic heterocycles. The van der Waals surface area contributed by atoms with Crippen LogP contribution in [0.15, 0.2) is 30.6 Å². The van der Waals surface area contributed by atoms with Crippen LogP contribution in [0.25, 0.3) is 0 Å². The molecule has 1 heterocycles. The van der Waals surface area contributed by atoms with E-state index in [1.807, 2.05) is 16.8 Å². The Morgan fingerprint density at radius 3 is 2.80 bits per heavy atom. The summed E-state index contributed by atoms with van der Waals surface area (Å²) in [5, 5.41) is 7.78. The largest absolute Gasteiger partial charge is 0.497 e. The Kier molecular flexibility index (Phi) is 3.97. The number of aryl methyl sites for hydroxylation is 2. The van der Waals surface area contributed by atoms with Crippen LogP contribution in [0.5, 0.6) is 5.75 Å². The highest BCUT2D eigenvalue weighted by atomic mass is 16.5. The zero-order valence-corrected chi connectivity index (χ0v) is 11.7. The number of benzene rings is 1. The summed E-state index contributed by atoms with van der Waals surface area (Å²) < 4.78 is 7.15. The van der Waals surface area contributed by atoms with Crippen molar-refractivity contribution >= 4 is 0 Å². The molecule has 1 N–H and O–H groups in total. The zero-order chi connectivity index (χ0) is 13.8. The predicted octanol–water partition coefficient (Wildman–Crippen LogP) is 1.78. The van der Waals surface area contributed by atoms with Gasteiger partial charge in [0.15, 0.2) is 0 Å². The van der Waals surface area contributed by atoms with E-state index in [9.17, 15) is 0 Å². The van der Waals surface area contributed by atoms with Crippen molar-refractivity contribution in [1.82, 2.24) is 20.1 Å². The number of hydrogen-bond acceptors (Lipinski definition) is 4. The smallest absolute Gasteiger partial charge is 0.140 e. The van der Waals surface area contributed by atoms with E-state index in [1.54, 1.807) is 13.4 Å². The van der Waals surface area contributed by atoms with E-state index in [0.29, 0.717) is 6.04 Å². The summed E-state index contributed by atoms with van der Waals surface area (Å²) in [4.78, 5) is 4.32. The Hall–Kier alpha value is -1.88. The van der Waals surface area contributed by atoms with Crippen molar-refractivity contribution in [3.05, 3.63) is 42.0 Å². The molecule has 1 aromatic heterocycles. The Bertz CT molecular complexity index is 545. The number of ether oxygens (including phenoxy) is 1. The molecule has 1 saturated carbocycles. The summed E-state index contributed by atoms with van der Waals surface area (Å²) in [6, 6.07) is 8.87. The third-order valence-electron chi connectivity index (χ3n) is 3.59. The first-order valence-electron chi connectivity index (χ1n) is 7.08. The fourth-order valence-electron chi connectivity index (χ4n) is 2.16.